The van der Waals surface area contributed by atoms with Crippen LogP contribution >= 0.6 is 0 Å². The van der Waals surface area contributed by atoms with Crippen LogP contribution in [0, 0.1) is 13.8 Å². The molecule has 1 N–H and O–H groups in total. The molecule has 100 valence electrons. The van der Waals surface area contributed by atoms with E-state index in [1.165, 1.54) is 0 Å². The largest absolute Gasteiger partial charge is 0.368 e. The lowest BCUT2D eigenvalue weighted by atomic mass is 10.4. The Kier molecular flexibility index (Phi) is 4.16. The van der Waals surface area contributed by atoms with Gasteiger partial charge in [0.15, 0.2) is 0 Å². The van der Waals surface area contributed by atoms with Crippen LogP contribution in [0.25, 0.3) is 0 Å². The van der Waals surface area contributed by atoms with Gasteiger partial charge in [-0.15, -0.1) is 0 Å². The molecule has 0 spiro atoms. The van der Waals surface area contributed by atoms with Crippen molar-refractivity contribution < 1.29 is 4.21 Å². The zero-order valence-corrected chi connectivity index (χ0v) is 11.8. The van der Waals surface area contributed by atoms with E-state index < -0.39 is 9.73 Å². The van der Waals surface area contributed by atoms with Crippen LogP contribution in [0.1, 0.15) is 24.4 Å². The van der Waals surface area contributed by atoms with Gasteiger partial charge in [0.1, 0.15) is 11.6 Å². The van der Waals surface area contributed by atoms with E-state index in [1.54, 1.807) is 0 Å². The van der Waals surface area contributed by atoms with Crippen LogP contribution in [0.2, 0.25) is 0 Å². The molecule has 0 amide bonds. The summed E-state index contributed by atoms with van der Waals surface area (Å²) in [4.78, 5) is 8.50. The van der Waals surface area contributed by atoms with Gasteiger partial charge in [0.05, 0.1) is 6.54 Å². The Hall–Kier alpha value is -1.17. The molecule has 18 heavy (non-hydrogen) atoms. The fourth-order valence-electron chi connectivity index (χ4n) is 2.09. The van der Waals surface area contributed by atoms with Crippen molar-refractivity contribution >= 4 is 15.5 Å². The summed E-state index contributed by atoms with van der Waals surface area (Å²) in [6.45, 7) is 5.07. The average molecular weight is 268 g/mol. The van der Waals surface area contributed by atoms with Crippen molar-refractivity contribution in [3.05, 3.63) is 17.6 Å². The molecule has 0 atom stereocenters. The molecule has 1 saturated heterocycles. The maximum atomic E-state index is 12.1. The lowest BCUT2D eigenvalue weighted by Crippen LogP contribution is -2.10. The summed E-state index contributed by atoms with van der Waals surface area (Å²) in [6, 6.07) is 1.91. The van der Waals surface area contributed by atoms with Crippen molar-refractivity contribution in [3.63, 3.8) is 0 Å². The number of anilines is 1. The molecule has 0 radical (unpaired) electrons. The van der Waals surface area contributed by atoms with Crippen molar-refractivity contribution in [1.82, 2.24) is 9.97 Å². The first-order valence-electron chi connectivity index (χ1n) is 6.32. The Balaban J connectivity index is 1.87. The van der Waals surface area contributed by atoms with E-state index in [0.29, 0.717) is 13.1 Å². The maximum absolute atomic E-state index is 12.1. The Morgan fingerprint density at radius 2 is 2.06 bits per heavy atom. The van der Waals surface area contributed by atoms with Crippen LogP contribution in [0.4, 0.5) is 5.82 Å². The van der Waals surface area contributed by atoms with Crippen molar-refractivity contribution in [2.45, 2.75) is 26.7 Å². The van der Waals surface area contributed by atoms with E-state index in [4.69, 9.17) is 0 Å². The Bertz CT molecular complexity index is 503. The molecule has 0 unspecified atom stereocenters. The second kappa shape index (κ2) is 5.65. The second-order valence-electron chi connectivity index (χ2n) is 4.61. The van der Waals surface area contributed by atoms with Gasteiger partial charge in [-0.1, -0.05) is 0 Å². The molecule has 1 fully saturated rings. The molecule has 1 aromatic rings. The topological polar surface area (TPSA) is 67.2 Å². The smallest absolute Gasteiger partial charge is 0.129 e. The van der Waals surface area contributed by atoms with E-state index in [-0.39, 0.29) is 0 Å². The normalized spacial score (nSPS) is 17.7. The molecular formula is C12H20N4OS. The summed E-state index contributed by atoms with van der Waals surface area (Å²) in [5.41, 5.74) is 0.948. The van der Waals surface area contributed by atoms with Crippen LogP contribution in [0.5, 0.6) is 0 Å². The van der Waals surface area contributed by atoms with Crippen molar-refractivity contribution in [1.29, 1.82) is 0 Å². The highest BCUT2D eigenvalue weighted by Crippen LogP contribution is 2.13. The van der Waals surface area contributed by atoms with Crippen molar-refractivity contribution in [2.24, 2.45) is 4.36 Å². The van der Waals surface area contributed by atoms with E-state index in [2.05, 4.69) is 19.6 Å². The number of nitrogens with one attached hydrogen (secondary N) is 1. The van der Waals surface area contributed by atoms with Gasteiger partial charge in [0.25, 0.3) is 0 Å². The van der Waals surface area contributed by atoms with E-state index in [1.807, 2.05) is 19.9 Å². The standard InChI is InChI=1S/C12H20N4OS/c1-10-9-12(16-11(2)15-10)13-5-6-14-18(17)7-3-4-8-18/h9H,3-8H2,1-2H3,(H,13,15,16). The first-order valence-corrected chi connectivity index (χ1v) is 8.17. The number of aromatic nitrogens is 2. The highest BCUT2D eigenvalue weighted by atomic mass is 32.2. The van der Waals surface area contributed by atoms with Gasteiger partial charge >= 0.3 is 0 Å². The van der Waals surface area contributed by atoms with Gasteiger partial charge in [-0.05, 0) is 26.7 Å². The lowest BCUT2D eigenvalue weighted by molar-refractivity contribution is 0.679. The summed E-state index contributed by atoms with van der Waals surface area (Å²) >= 11 is 0. The molecule has 0 aliphatic carbocycles. The van der Waals surface area contributed by atoms with E-state index in [9.17, 15) is 4.21 Å². The molecule has 1 aliphatic rings. The Morgan fingerprint density at radius 3 is 2.72 bits per heavy atom. The minimum atomic E-state index is -1.87. The fraction of sp³-hybridized carbons (Fsp3) is 0.667. The number of hydrogen-bond donors (Lipinski definition) is 1. The molecule has 0 saturated carbocycles. The van der Waals surface area contributed by atoms with Gasteiger partial charge in [0, 0.05) is 39.5 Å². The van der Waals surface area contributed by atoms with Gasteiger partial charge < -0.3 is 5.32 Å². The van der Waals surface area contributed by atoms with E-state index in [0.717, 1.165) is 41.7 Å². The third-order valence-electron chi connectivity index (χ3n) is 2.89. The van der Waals surface area contributed by atoms with Gasteiger partial charge in [-0.25, -0.2) is 18.5 Å². The molecule has 0 bridgehead atoms. The summed E-state index contributed by atoms with van der Waals surface area (Å²) in [7, 11) is -1.87. The number of hydrogen-bond acceptors (Lipinski definition) is 5. The van der Waals surface area contributed by atoms with Gasteiger partial charge in [-0.2, -0.15) is 0 Å². The highest BCUT2D eigenvalue weighted by molar-refractivity contribution is 7.93. The monoisotopic (exact) mass is 268 g/mol. The average Bonchev–Trinajstić information content (AvgIpc) is 2.71. The Morgan fingerprint density at radius 1 is 1.33 bits per heavy atom. The molecular weight excluding hydrogens is 248 g/mol. The SMILES string of the molecule is Cc1cc(NCCN=S2(=O)CCCC2)nc(C)n1. The number of aryl methyl sites for hydroxylation is 2. The number of nitrogens with zero attached hydrogens (tertiary/aromatic N) is 3. The third kappa shape index (κ3) is 3.66. The minimum Gasteiger partial charge on any atom is -0.368 e. The van der Waals surface area contributed by atoms with Crippen molar-refractivity contribution in [2.75, 3.05) is 29.9 Å². The van der Waals surface area contributed by atoms with E-state index >= 15 is 0 Å². The van der Waals surface area contributed by atoms with Crippen LogP contribution in [0.3, 0.4) is 0 Å². The summed E-state index contributed by atoms with van der Waals surface area (Å²) in [5.74, 6) is 3.13. The predicted octanol–water partition coefficient (Wildman–Crippen LogP) is 1.77. The fourth-order valence-corrected chi connectivity index (χ4v) is 4.29. The van der Waals surface area contributed by atoms with Gasteiger partial charge in [-0.3, -0.25) is 0 Å². The van der Waals surface area contributed by atoms with Crippen LogP contribution < -0.4 is 5.32 Å². The lowest BCUT2D eigenvalue weighted by Gasteiger charge is -2.06. The minimum absolute atomic E-state index is 0.584. The molecule has 5 nitrogen and oxygen atoms in total. The summed E-state index contributed by atoms with van der Waals surface area (Å²) in [6.07, 6.45) is 2.11. The zero-order chi connectivity index (χ0) is 13.0. The second-order valence-corrected chi connectivity index (χ2v) is 7.23. The predicted molar refractivity (Wildman–Crippen MR) is 74.4 cm³/mol. The zero-order valence-electron chi connectivity index (χ0n) is 11.0. The molecule has 2 rings (SSSR count). The van der Waals surface area contributed by atoms with Crippen LogP contribution in [0.15, 0.2) is 10.4 Å². The highest BCUT2D eigenvalue weighted by Gasteiger charge is 2.15. The molecule has 1 aliphatic heterocycles. The third-order valence-corrected chi connectivity index (χ3v) is 5.39. The molecule has 1 aromatic heterocycles. The summed E-state index contributed by atoms with van der Waals surface area (Å²) in [5, 5.41) is 3.20. The number of rotatable bonds is 4. The molecule has 2 heterocycles. The van der Waals surface area contributed by atoms with Crippen LogP contribution in [-0.2, 0) is 9.73 Å². The van der Waals surface area contributed by atoms with Crippen LogP contribution in [-0.4, -0.2) is 38.8 Å². The first-order chi connectivity index (χ1) is 8.57. The molecule has 6 heteroatoms. The molecule has 0 aromatic carbocycles. The summed E-state index contributed by atoms with van der Waals surface area (Å²) < 4.78 is 16.4. The Labute approximate surface area is 109 Å². The maximum Gasteiger partial charge on any atom is 0.129 e. The van der Waals surface area contributed by atoms with Crippen molar-refractivity contribution in [3.8, 4) is 0 Å². The van der Waals surface area contributed by atoms with Gasteiger partial charge in [0.2, 0.25) is 0 Å². The quantitative estimate of drug-likeness (QED) is 0.845. The first kappa shape index (κ1) is 13.3.